The van der Waals surface area contributed by atoms with E-state index < -0.39 is 10.0 Å². The number of piperazine rings is 1. The number of aromatic nitrogens is 2. The molecule has 2 heterocycles. The topological polar surface area (TPSA) is 98.4 Å². The first kappa shape index (κ1) is 15.9. The molecule has 1 fully saturated rings. The Bertz CT molecular complexity index is 549. The summed E-state index contributed by atoms with van der Waals surface area (Å²) in [4.78, 5) is 15.9. The third-order valence-corrected chi connectivity index (χ3v) is 4.85. The quantitative estimate of drug-likeness (QED) is 0.701. The molecular weight excluding hydrogens is 294 g/mol. The van der Waals surface area contributed by atoms with Gasteiger partial charge in [0.2, 0.25) is 15.9 Å². The van der Waals surface area contributed by atoms with E-state index in [1.54, 1.807) is 18.0 Å². The van der Waals surface area contributed by atoms with Crippen molar-refractivity contribution in [2.45, 2.75) is 13.5 Å². The van der Waals surface area contributed by atoms with E-state index in [-0.39, 0.29) is 18.2 Å². The Labute approximate surface area is 124 Å². The Kier molecular flexibility index (Phi) is 5.32. The number of sulfonamides is 1. The van der Waals surface area contributed by atoms with Crippen molar-refractivity contribution in [3.8, 4) is 0 Å². The molecule has 8 nitrogen and oxygen atoms in total. The second-order valence-electron chi connectivity index (χ2n) is 4.99. The van der Waals surface area contributed by atoms with Crippen LogP contribution in [-0.2, 0) is 21.4 Å². The zero-order chi connectivity index (χ0) is 15.3. The van der Waals surface area contributed by atoms with Gasteiger partial charge in [0.25, 0.3) is 0 Å². The van der Waals surface area contributed by atoms with Crippen LogP contribution in [0.3, 0.4) is 0 Å². The summed E-state index contributed by atoms with van der Waals surface area (Å²) in [5, 5.41) is 6.68. The summed E-state index contributed by atoms with van der Waals surface area (Å²) >= 11 is 0. The Morgan fingerprint density at radius 2 is 2.10 bits per heavy atom. The summed E-state index contributed by atoms with van der Waals surface area (Å²) in [7, 11) is -3.32. The molecule has 0 aromatic carbocycles. The standard InChI is InChI=1S/C12H21N5O3S/c1-2-21(19,20)15-9-12(18)17-5-3-16(4-6-17)10-11-7-13-14-8-11/h7-8,15H,2-6,9-10H2,1H3,(H,13,14). The van der Waals surface area contributed by atoms with Crippen LogP contribution in [0.2, 0.25) is 0 Å². The molecule has 1 saturated heterocycles. The normalized spacial score (nSPS) is 17.1. The van der Waals surface area contributed by atoms with Gasteiger partial charge in [0, 0.05) is 44.5 Å². The minimum atomic E-state index is -3.32. The van der Waals surface area contributed by atoms with Crippen LogP contribution in [0.1, 0.15) is 12.5 Å². The van der Waals surface area contributed by atoms with Gasteiger partial charge in [-0.25, -0.2) is 13.1 Å². The van der Waals surface area contributed by atoms with Crippen LogP contribution in [0.5, 0.6) is 0 Å². The van der Waals surface area contributed by atoms with Gasteiger partial charge in [0.15, 0.2) is 0 Å². The zero-order valence-corrected chi connectivity index (χ0v) is 12.9. The Morgan fingerprint density at radius 3 is 2.67 bits per heavy atom. The molecule has 0 aliphatic carbocycles. The lowest BCUT2D eigenvalue weighted by Crippen LogP contribution is -2.50. The second-order valence-corrected chi connectivity index (χ2v) is 7.08. The fourth-order valence-corrected chi connectivity index (χ4v) is 2.71. The molecule has 1 aliphatic heterocycles. The van der Waals surface area contributed by atoms with Crippen LogP contribution in [0.25, 0.3) is 0 Å². The van der Waals surface area contributed by atoms with Gasteiger partial charge < -0.3 is 4.90 Å². The van der Waals surface area contributed by atoms with E-state index in [1.165, 1.54) is 0 Å². The van der Waals surface area contributed by atoms with Crippen molar-refractivity contribution in [3.63, 3.8) is 0 Å². The number of H-pyrrole nitrogens is 1. The molecule has 0 bridgehead atoms. The van der Waals surface area contributed by atoms with Gasteiger partial charge in [-0.05, 0) is 6.92 Å². The molecule has 0 spiro atoms. The molecule has 1 aromatic rings. The summed E-state index contributed by atoms with van der Waals surface area (Å²) in [5.41, 5.74) is 1.12. The molecular formula is C12H21N5O3S. The van der Waals surface area contributed by atoms with Gasteiger partial charge >= 0.3 is 0 Å². The number of hydrogen-bond acceptors (Lipinski definition) is 5. The molecule has 1 aliphatic rings. The second kappa shape index (κ2) is 7.01. The fourth-order valence-electron chi connectivity index (χ4n) is 2.16. The largest absolute Gasteiger partial charge is 0.339 e. The molecule has 0 unspecified atom stereocenters. The van der Waals surface area contributed by atoms with Crippen LogP contribution in [0, 0.1) is 0 Å². The fraction of sp³-hybridized carbons (Fsp3) is 0.667. The minimum Gasteiger partial charge on any atom is -0.339 e. The van der Waals surface area contributed by atoms with Crippen LogP contribution in [0.4, 0.5) is 0 Å². The third kappa shape index (κ3) is 4.80. The smallest absolute Gasteiger partial charge is 0.237 e. The summed E-state index contributed by atoms with van der Waals surface area (Å²) in [6.07, 6.45) is 3.65. The van der Waals surface area contributed by atoms with Gasteiger partial charge in [0.1, 0.15) is 0 Å². The zero-order valence-electron chi connectivity index (χ0n) is 12.1. The van der Waals surface area contributed by atoms with Crippen LogP contribution in [0.15, 0.2) is 12.4 Å². The monoisotopic (exact) mass is 315 g/mol. The maximum absolute atomic E-state index is 11.9. The number of rotatable bonds is 6. The predicted molar refractivity (Wildman–Crippen MR) is 77.9 cm³/mol. The number of aromatic amines is 1. The average Bonchev–Trinajstić information content (AvgIpc) is 2.98. The number of nitrogens with zero attached hydrogens (tertiary/aromatic N) is 3. The van der Waals surface area contributed by atoms with Crippen LogP contribution >= 0.6 is 0 Å². The maximum Gasteiger partial charge on any atom is 0.237 e. The molecule has 0 saturated carbocycles. The Hall–Kier alpha value is -1.45. The van der Waals surface area contributed by atoms with Gasteiger partial charge in [0.05, 0.1) is 18.5 Å². The molecule has 9 heteroatoms. The highest BCUT2D eigenvalue weighted by molar-refractivity contribution is 7.89. The third-order valence-electron chi connectivity index (χ3n) is 3.51. The highest BCUT2D eigenvalue weighted by Crippen LogP contribution is 2.07. The van der Waals surface area contributed by atoms with Gasteiger partial charge in [-0.3, -0.25) is 14.8 Å². The lowest BCUT2D eigenvalue weighted by molar-refractivity contribution is -0.131. The van der Waals surface area contributed by atoms with Crippen molar-refractivity contribution in [3.05, 3.63) is 18.0 Å². The van der Waals surface area contributed by atoms with Crippen molar-refractivity contribution in [2.24, 2.45) is 0 Å². The lowest BCUT2D eigenvalue weighted by Gasteiger charge is -2.34. The van der Waals surface area contributed by atoms with Crippen molar-refractivity contribution < 1.29 is 13.2 Å². The van der Waals surface area contributed by atoms with Crippen LogP contribution in [-0.4, -0.2) is 72.8 Å². The highest BCUT2D eigenvalue weighted by atomic mass is 32.2. The average molecular weight is 315 g/mol. The van der Waals surface area contributed by atoms with Crippen molar-refractivity contribution >= 4 is 15.9 Å². The van der Waals surface area contributed by atoms with Crippen molar-refractivity contribution in [2.75, 3.05) is 38.5 Å². The molecule has 1 aromatic heterocycles. The van der Waals surface area contributed by atoms with E-state index in [4.69, 9.17) is 0 Å². The van der Waals surface area contributed by atoms with Gasteiger partial charge in [-0.1, -0.05) is 0 Å². The van der Waals surface area contributed by atoms with Crippen molar-refractivity contribution in [1.29, 1.82) is 0 Å². The van der Waals surface area contributed by atoms with Crippen LogP contribution < -0.4 is 4.72 Å². The summed E-state index contributed by atoms with van der Waals surface area (Å²) < 4.78 is 24.9. The molecule has 21 heavy (non-hydrogen) atoms. The first-order valence-corrected chi connectivity index (χ1v) is 8.60. The molecule has 0 atom stereocenters. The van der Waals surface area contributed by atoms with Gasteiger partial charge in [-0.2, -0.15) is 5.10 Å². The summed E-state index contributed by atoms with van der Waals surface area (Å²) in [5.74, 6) is -0.186. The number of hydrogen-bond donors (Lipinski definition) is 2. The van der Waals surface area contributed by atoms with E-state index >= 15 is 0 Å². The molecule has 0 radical (unpaired) electrons. The number of carbonyl (C=O) groups excluding carboxylic acids is 1. The van der Waals surface area contributed by atoms with E-state index in [2.05, 4.69) is 19.8 Å². The summed E-state index contributed by atoms with van der Waals surface area (Å²) in [6.45, 7) is 4.98. The maximum atomic E-state index is 11.9. The van der Waals surface area contributed by atoms with E-state index in [0.29, 0.717) is 13.1 Å². The molecule has 118 valence electrons. The SMILES string of the molecule is CCS(=O)(=O)NCC(=O)N1CCN(Cc2cn[nH]c2)CC1. The first-order valence-electron chi connectivity index (χ1n) is 6.95. The molecule has 2 rings (SSSR count). The highest BCUT2D eigenvalue weighted by Gasteiger charge is 2.22. The Morgan fingerprint density at radius 1 is 1.38 bits per heavy atom. The van der Waals surface area contributed by atoms with E-state index in [1.807, 2.05) is 6.20 Å². The minimum absolute atomic E-state index is 0.0151. The number of nitrogens with one attached hydrogen (secondary N) is 2. The number of amides is 1. The van der Waals surface area contributed by atoms with Gasteiger partial charge in [-0.15, -0.1) is 0 Å². The Balaban J connectivity index is 1.74. The van der Waals surface area contributed by atoms with E-state index in [9.17, 15) is 13.2 Å². The number of carbonyl (C=O) groups is 1. The summed E-state index contributed by atoms with van der Waals surface area (Å²) in [6, 6.07) is 0. The van der Waals surface area contributed by atoms with Crippen molar-refractivity contribution in [1.82, 2.24) is 24.7 Å². The first-order chi connectivity index (χ1) is 10.00. The lowest BCUT2D eigenvalue weighted by atomic mass is 10.2. The predicted octanol–water partition coefficient (Wildman–Crippen LogP) is -1.01. The molecule has 1 amide bonds. The molecule has 2 N–H and O–H groups in total. The van der Waals surface area contributed by atoms with E-state index in [0.717, 1.165) is 25.2 Å².